The predicted molar refractivity (Wildman–Crippen MR) is 56.5 cm³/mol. The van der Waals surface area contributed by atoms with Crippen LogP contribution < -0.4 is 5.32 Å². The molecule has 0 aliphatic heterocycles. The molecule has 0 bridgehead atoms. The topological polar surface area (TPSA) is 56.1 Å². The first-order chi connectivity index (χ1) is 7.06. The normalized spacial score (nSPS) is 10.1. The molecule has 0 saturated carbocycles. The fourth-order valence-electron chi connectivity index (χ4n) is 1.42. The molecule has 1 amide bonds. The third-order valence-corrected chi connectivity index (χ3v) is 2.34. The Morgan fingerprint density at radius 3 is 2.67 bits per heavy atom. The van der Waals surface area contributed by atoms with Crippen LogP contribution in [0.2, 0.25) is 0 Å². The van der Waals surface area contributed by atoms with Gasteiger partial charge >= 0.3 is 6.09 Å². The number of amides is 1. The minimum atomic E-state index is -0.389. The van der Waals surface area contributed by atoms with Crippen molar-refractivity contribution >= 4 is 6.09 Å². The molecule has 0 saturated heterocycles. The summed E-state index contributed by atoms with van der Waals surface area (Å²) >= 11 is 0. The highest BCUT2D eigenvalue weighted by Crippen LogP contribution is 2.10. The fraction of sp³-hybridized carbons (Fsp3) is 0.600. The first-order valence-electron chi connectivity index (χ1n) is 4.96. The Labute approximate surface area is 89.4 Å². The average molecular weight is 211 g/mol. The van der Waals surface area contributed by atoms with E-state index >= 15 is 0 Å². The Morgan fingerprint density at radius 2 is 2.20 bits per heavy atom. The van der Waals surface area contributed by atoms with E-state index < -0.39 is 0 Å². The largest absolute Gasteiger partial charge is 0.450 e. The molecule has 5 heteroatoms. The van der Waals surface area contributed by atoms with Crippen LogP contribution in [-0.2, 0) is 18.3 Å². The molecule has 84 valence electrons. The Bertz CT molecular complexity index is 358. The lowest BCUT2D eigenvalue weighted by molar-refractivity contribution is 0.151. The van der Waals surface area contributed by atoms with Crippen LogP contribution in [0.15, 0.2) is 0 Å². The van der Waals surface area contributed by atoms with Crippen LogP contribution in [0.5, 0.6) is 0 Å². The molecule has 15 heavy (non-hydrogen) atoms. The number of hydrogen-bond donors (Lipinski definition) is 1. The standard InChI is InChI=1S/C10H17N3O2/c1-5-15-10(14)11-6-9-7(2)12-13(4)8(9)3/h5-6H2,1-4H3,(H,11,14). The quantitative estimate of drug-likeness (QED) is 0.819. The molecular formula is C10H17N3O2. The number of rotatable bonds is 3. The molecule has 1 aromatic rings. The van der Waals surface area contributed by atoms with Gasteiger partial charge in [0.25, 0.3) is 0 Å². The molecule has 1 N–H and O–H groups in total. The van der Waals surface area contributed by atoms with Crippen molar-refractivity contribution in [2.24, 2.45) is 7.05 Å². The van der Waals surface area contributed by atoms with Crippen LogP contribution >= 0.6 is 0 Å². The molecule has 0 atom stereocenters. The summed E-state index contributed by atoms with van der Waals surface area (Å²) in [4.78, 5) is 11.1. The molecule has 0 unspecified atom stereocenters. The summed E-state index contributed by atoms with van der Waals surface area (Å²) in [6.45, 7) is 6.53. The van der Waals surface area contributed by atoms with E-state index in [1.165, 1.54) is 0 Å². The van der Waals surface area contributed by atoms with Gasteiger partial charge in [-0.3, -0.25) is 4.68 Å². The summed E-state index contributed by atoms with van der Waals surface area (Å²) in [5.74, 6) is 0. The van der Waals surface area contributed by atoms with Crippen molar-refractivity contribution in [3.63, 3.8) is 0 Å². The zero-order valence-corrected chi connectivity index (χ0v) is 9.63. The van der Waals surface area contributed by atoms with E-state index in [0.29, 0.717) is 13.2 Å². The maximum Gasteiger partial charge on any atom is 0.407 e. The summed E-state index contributed by atoms with van der Waals surface area (Å²) in [6.07, 6.45) is -0.389. The summed E-state index contributed by atoms with van der Waals surface area (Å²) in [5.41, 5.74) is 3.04. The van der Waals surface area contributed by atoms with E-state index in [-0.39, 0.29) is 6.09 Å². The van der Waals surface area contributed by atoms with Gasteiger partial charge in [0, 0.05) is 24.8 Å². The highest BCUT2D eigenvalue weighted by Gasteiger charge is 2.10. The lowest BCUT2D eigenvalue weighted by Crippen LogP contribution is -2.24. The van der Waals surface area contributed by atoms with Crippen molar-refractivity contribution in [2.45, 2.75) is 27.3 Å². The van der Waals surface area contributed by atoms with Gasteiger partial charge in [0.15, 0.2) is 0 Å². The van der Waals surface area contributed by atoms with E-state index in [4.69, 9.17) is 4.74 Å². The van der Waals surface area contributed by atoms with Crippen molar-refractivity contribution in [3.8, 4) is 0 Å². The van der Waals surface area contributed by atoms with Crippen LogP contribution in [0, 0.1) is 13.8 Å². The maximum absolute atomic E-state index is 11.1. The number of carbonyl (C=O) groups excluding carboxylic acids is 1. The minimum absolute atomic E-state index is 0.386. The summed E-state index contributed by atoms with van der Waals surface area (Å²) in [7, 11) is 1.89. The third-order valence-electron chi connectivity index (χ3n) is 2.34. The number of ether oxygens (including phenoxy) is 1. The van der Waals surface area contributed by atoms with Gasteiger partial charge in [-0.1, -0.05) is 0 Å². The highest BCUT2D eigenvalue weighted by atomic mass is 16.5. The van der Waals surface area contributed by atoms with Gasteiger partial charge in [-0.2, -0.15) is 5.10 Å². The van der Waals surface area contributed by atoms with Crippen LogP contribution in [0.3, 0.4) is 0 Å². The molecular weight excluding hydrogens is 194 g/mol. The van der Waals surface area contributed by atoms with Crippen LogP contribution in [0.4, 0.5) is 4.79 Å². The highest BCUT2D eigenvalue weighted by molar-refractivity contribution is 5.67. The Kier molecular flexibility index (Phi) is 3.71. The number of nitrogens with one attached hydrogen (secondary N) is 1. The number of alkyl carbamates (subject to hydrolysis) is 1. The predicted octanol–water partition coefficient (Wildman–Crippen LogP) is 1.28. The minimum Gasteiger partial charge on any atom is -0.450 e. The van der Waals surface area contributed by atoms with Gasteiger partial charge in [-0.25, -0.2) is 4.79 Å². The Hall–Kier alpha value is -1.52. The van der Waals surface area contributed by atoms with E-state index in [9.17, 15) is 4.79 Å². The molecule has 1 rings (SSSR count). The van der Waals surface area contributed by atoms with E-state index in [2.05, 4.69) is 10.4 Å². The SMILES string of the molecule is CCOC(=O)NCc1c(C)nn(C)c1C. The van der Waals surface area contributed by atoms with Crippen molar-refractivity contribution < 1.29 is 9.53 Å². The van der Waals surface area contributed by atoms with Crippen molar-refractivity contribution in [1.82, 2.24) is 15.1 Å². The van der Waals surface area contributed by atoms with Gasteiger partial charge in [0.05, 0.1) is 12.3 Å². The van der Waals surface area contributed by atoms with Crippen molar-refractivity contribution in [2.75, 3.05) is 6.61 Å². The van der Waals surface area contributed by atoms with E-state index in [1.807, 2.05) is 20.9 Å². The number of aryl methyl sites for hydroxylation is 2. The second-order valence-corrected chi connectivity index (χ2v) is 3.35. The van der Waals surface area contributed by atoms with Crippen LogP contribution in [0.1, 0.15) is 23.9 Å². The fourth-order valence-corrected chi connectivity index (χ4v) is 1.42. The summed E-state index contributed by atoms with van der Waals surface area (Å²) in [5, 5.41) is 6.94. The lowest BCUT2D eigenvalue weighted by Gasteiger charge is -2.05. The van der Waals surface area contributed by atoms with Gasteiger partial charge in [-0.05, 0) is 20.8 Å². The third kappa shape index (κ3) is 2.71. The molecule has 1 heterocycles. The summed E-state index contributed by atoms with van der Waals surface area (Å²) in [6, 6.07) is 0. The number of carbonyl (C=O) groups is 1. The molecule has 0 spiro atoms. The van der Waals surface area contributed by atoms with Crippen molar-refractivity contribution in [3.05, 3.63) is 17.0 Å². The molecule has 0 fully saturated rings. The monoisotopic (exact) mass is 211 g/mol. The maximum atomic E-state index is 11.1. The van der Waals surface area contributed by atoms with Gasteiger partial charge in [0.2, 0.25) is 0 Å². The van der Waals surface area contributed by atoms with E-state index in [1.54, 1.807) is 11.6 Å². The number of hydrogen-bond acceptors (Lipinski definition) is 3. The molecule has 0 aromatic carbocycles. The smallest absolute Gasteiger partial charge is 0.407 e. The molecule has 5 nitrogen and oxygen atoms in total. The van der Waals surface area contributed by atoms with E-state index in [0.717, 1.165) is 17.0 Å². The van der Waals surface area contributed by atoms with Gasteiger partial charge in [0.1, 0.15) is 0 Å². The second kappa shape index (κ2) is 4.82. The Morgan fingerprint density at radius 1 is 1.53 bits per heavy atom. The molecule has 0 aliphatic rings. The van der Waals surface area contributed by atoms with Crippen molar-refractivity contribution in [1.29, 1.82) is 0 Å². The lowest BCUT2D eigenvalue weighted by atomic mass is 10.2. The number of nitrogens with zero attached hydrogens (tertiary/aromatic N) is 2. The zero-order chi connectivity index (χ0) is 11.4. The van der Waals surface area contributed by atoms with Crippen LogP contribution in [-0.4, -0.2) is 22.5 Å². The van der Waals surface area contributed by atoms with Gasteiger partial charge < -0.3 is 10.1 Å². The first kappa shape index (κ1) is 11.6. The molecule has 0 aliphatic carbocycles. The first-order valence-corrected chi connectivity index (χ1v) is 4.96. The summed E-state index contributed by atoms with van der Waals surface area (Å²) < 4.78 is 6.58. The average Bonchev–Trinajstić information content (AvgIpc) is 2.40. The van der Waals surface area contributed by atoms with Crippen LogP contribution in [0.25, 0.3) is 0 Å². The second-order valence-electron chi connectivity index (χ2n) is 3.35. The molecule has 1 aromatic heterocycles. The van der Waals surface area contributed by atoms with Gasteiger partial charge in [-0.15, -0.1) is 0 Å². The Balaban J connectivity index is 2.61. The molecule has 0 radical (unpaired) electrons. The number of aromatic nitrogens is 2. The zero-order valence-electron chi connectivity index (χ0n) is 9.63.